The van der Waals surface area contributed by atoms with Gasteiger partial charge in [0.2, 0.25) is 0 Å². The van der Waals surface area contributed by atoms with Crippen LogP contribution in [0.1, 0.15) is 47.5 Å². The molecular weight excluding hydrogens is 186 g/mol. The quantitative estimate of drug-likeness (QED) is 0.725. The standard InChI is InChI=1S/C13H25NO/c1-10(9-14-13(3,4)5)8-12-7-6-11(2)15-12/h8,11-12,14H,6-7,9H2,1-5H3/b10-8-. The zero-order valence-electron chi connectivity index (χ0n) is 10.8. The van der Waals surface area contributed by atoms with Crippen molar-refractivity contribution in [3.8, 4) is 0 Å². The predicted molar refractivity (Wildman–Crippen MR) is 65.1 cm³/mol. The summed E-state index contributed by atoms with van der Waals surface area (Å²) in [6.45, 7) is 11.8. The molecule has 88 valence electrons. The first kappa shape index (κ1) is 12.7. The molecule has 1 aliphatic rings. The molecule has 2 nitrogen and oxygen atoms in total. The number of hydrogen-bond donors (Lipinski definition) is 1. The van der Waals surface area contributed by atoms with Crippen molar-refractivity contribution >= 4 is 0 Å². The minimum atomic E-state index is 0.193. The largest absolute Gasteiger partial charge is 0.371 e. The fourth-order valence-electron chi connectivity index (χ4n) is 1.74. The van der Waals surface area contributed by atoms with Crippen LogP contribution in [0.25, 0.3) is 0 Å². The number of nitrogens with one attached hydrogen (secondary N) is 1. The maximum absolute atomic E-state index is 5.76. The summed E-state index contributed by atoms with van der Waals surface area (Å²) >= 11 is 0. The van der Waals surface area contributed by atoms with Crippen molar-refractivity contribution in [2.24, 2.45) is 0 Å². The van der Waals surface area contributed by atoms with E-state index in [1.165, 1.54) is 18.4 Å². The highest BCUT2D eigenvalue weighted by atomic mass is 16.5. The topological polar surface area (TPSA) is 21.3 Å². The Morgan fingerprint density at radius 1 is 1.40 bits per heavy atom. The highest BCUT2D eigenvalue weighted by molar-refractivity contribution is 5.06. The Morgan fingerprint density at radius 3 is 2.53 bits per heavy atom. The van der Waals surface area contributed by atoms with E-state index in [-0.39, 0.29) is 5.54 Å². The number of hydrogen-bond acceptors (Lipinski definition) is 2. The molecule has 0 amide bonds. The van der Waals surface area contributed by atoms with Crippen LogP contribution in [0.15, 0.2) is 11.6 Å². The Labute approximate surface area is 94.1 Å². The van der Waals surface area contributed by atoms with Crippen molar-refractivity contribution in [3.63, 3.8) is 0 Å². The third-order valence-corrected chi connectivity index (χ3v) is 2.63. The van der Waals surface area contributed by atoms with Crippen molar-refractivity contribution in [2.75, 3.05) is 6.54 Å². The van der Waals surface area contributed by atoms with Crippen LogP contribution >= 0.6 is 0 Å². The molecule has 2 heteroatoms. The third kappa shape index (κ3) is 5.33. The molecule has 2 unspecified atom stereocenters. The lowest BCUT2D eigenvalue weighted by Crippen LogP contribution is -2.36. The fraction of sp³-hybridized carbons (Fsp3) is 0.846. The second kappa shape index (κ2) is 5.13. The van der Waals surface area contributed by atoms with Crippen LogP contribution in [0.5, 0.6) is 0 Å². The molecule has 0 aliphatic carbocycles. The first-order valence-electron chi connectivity index (χ1n) is 5.94. The average molecular weight is 211 g/mol. The molecule has 0 radical (unpaired) electrons. The van der Waals surface area contributed by atoms with E-state index < -0.39 is 0 Å². The monoisotopic (exact) mass is 211 g/mol. The molecule has 1 rings (SSSR count). The van der Waals surface area contributed by atoms with E-state index >= 15 is 0 Å². The molecule has 0 aromatic rings. The van der Waals surface area contributed by atoms with Gasteiger partial charge in [0, 0.05) is 12.1 Å². The normalized spacial score (nSPS) is 28.5. The Bertz CT molecular complexity index is 227. The van der Waals surface area contributed by atoms with Crippen molar-refractivity contribution in [1.82, 2.24) is 5.32 Å². The van der Waals surface area contributed by atoms with E-state index in [1.807, 2.05) is 0 Å². The van der Waals surface area contributed by atoms with Gasteiger partial charge in [-0.1, -0.05) is 11.6 Å². The van der Waals surface area contributed by atoms with E-state index in [0.717, 1.165) is 6.54 Å². The van der Waals surface area contributed by atoms with Crippen LogP contribution in [0, 0.1) is 0 Å². The van der Waals surface area contributed by atoms with Gasteiger partial charge in [0.05, 0.1) is 12.2 Å². The van der Waals surface area contributed by atoms with Gasteiger partial charge in [0.15, 0.2) is 0 Å². The minimum absolute atomic E-state index is 0.193. The Morgan fingerprint density at radius 2 is 2.07 bits per heavy atom. The molecule has 0 aromatic carbocycles. The average Bonchev–Trinajstić information content (AvgIpc) is 2.47. The first-order valence-corrected chi connectivity index (χ1v) is 5.94. The molecule has 15 heavy (non-hydrogen) atoms. The van der Waals surface area contributed by atoms with Crippen molar-refractivity contribution in [3.05, 3.63) is 11.6 Å². The van der Waals surface area contributed by atoms with Crippen LogP contribution in [-0.2, 0) is 4.74 Å². The number of rotatable bonds is 3. The Balaban J connectivity index is 2.33. The molecular formula is C13H25NO. The third-order valence-electron chi connectivity index (χ3n) is 2.63. The van der Waals surface area contributed by atoms with Crippen LogP contribution in [-0.4, -0.2) is 24.3 Å². The van der Waals surface area contributed by atoms with Crippen molar-refractivity contribution in [2.45, 2.75) is 65.2 Å². The maximum Gasteiger partial charge on any atom is 0.0763 e. The second-order valence-electron chi connectivity index (χ2n) is 5.68. The molecule has 0 aromatic heterocycles. The Kier molecular flexibility index (Phi) is 4.35. The molecule has 1 saturated heterocycles. The van der Waals surface area contributed by atoms with Gasteiger partial charge in [0.25, 0.3) is 0 Å². The predicted octanol–water partition coefficient (Wildman–Crippen LogP) is 2.89. The molecule has 2 atom stereocenters. The van der Waals surface area contributed by atoms with Crippen LogP contribution in [0.2, 0.25) is 0 Å². The summed E-state index contributed by atoms with van der Waals surface area (Å²) in [5.41, 5.74) is 1.57. The minimum Gasteiger partial charge on any atom is -0.371 e. The molecule has 1 N–H and O–H groups in total. The molecule has 1 heterocycles. The van der Waals surface area contributed by atoms with E-state index in [2.05, 4.69) is 46.0 Å². The van der Waals surface area contributed by atoms with E-state index in [0.29, 0.717) is 12.2 Å². The molecule has 1 aliphatic heterocycles. The van der Waals surface area contributed by atoms with Crippen LogP contribution < -0.4 is 5.32 Å². The van der Waals surface area contributed by atoms with Crippen molar-refractivity contribution < 1.29 is 4.74 Å². The zero-order valence-corrected chi connectivity index (χ0v) is 10.8. The highest BCUT2D eigenvalue weighted by Gasteiger charge is 2.19. The summed E-state index contributed by atoms with van der Waals surface area (Å²) in [5.74, 6) is 0. The molecule has 0 saturated carbocycles. The molecule has 0 bridgehead atoms. The SMILES string of the molecule is C/C(=C/C1CCC(C)O1)CNC(C)(C)C. The van der Waals surface area contributed by atoms with E-state index in [9.17, 15) is 0 Å². The van der Waals surface area contributed by atoms with Gasteiger partial charge >= 0.3 is 0 Å². The Hall–Kier alpha value is -0.340. The van der Waals surface area contributed by atoms with Gasteiger partial charge in [-0.25, -0.2) is 0 Å². The molecule has 0 spiro atoms. The summed E-state index contributed by atoms with van der Waals surface area (Å²) in [6.07, 6.45) is 5.42. The van der Waals surface area contributed by atoms with E-state index in [4.69, 9.17) is 4.74 Å². The lowest BCUT2D eigenvalue weighted by molar-refractivity contribution is 0.0828. The van der Waals surface area contributed by atoms with Gasteiger partial charge in [-0.3, -0.25) is 0 Å². The summed E-state index contributed by atoms with van der Waals surface area (Å²) in [5, 5.41) is 3.48. The van der Waals surface area contributed by atoms with Gasteiger partial charge in [0.1, 0.15) is 0 Å². The summed E-state index contributed by atoms with van der Waals surface area (Å²) < 4.78 is 5.76. The van der Waals surface area contributed by atoms with Gasteiger partial charge in [-0.2, -0.15) is 0 Å². The van der Waals surface area contributed by atoms with Gasteiger partial charge in [-0.05, 0) is 47.5 Å². The van der Waals surface area contributed by atoms with Gasteiger partial charge in [-0.15, -0.1) is 0 Å². The summed E-state index contributed by atoms with van der Waals surface area (Å²) in [4.78, 5) is 0. The number of ether oxygens (including phenoxy) is 1. The lowest BCUT2D eigenvalue weighted by Gasteiger charge is -2.21. The smallest absolute Gasteiger partial charge is 0.0763 e. The lowest BCUT2D eigenvalue weighted by atomic mass is 10.1. The first-order chi connectivity index (χ1) is 6.87. The summed E-state index contributed by atoms with van der Waals surface area (Å²) in [6, 6.07) is 0. The second-order valence-corrected chi connectivity index (χ2v) is 5.68. The van der Waals surface area contributed by atoms with Crippen LogP contribution in [0.4, 0.5) is 0 Å². The van der Waals surface area contributed by atoms with E-state index in [1.54, 1.807) is 0 Å². The fourth-order valence-corrected chi connectivity index (χ4v) is 1.74. The van der Waals surface area contributed by atoms with Crippen molar-refractivity contribution in [1.29, 1.82) is 0 Å². The summed E-state index contributed by atoms with van der Waals surface area (Å²) in [7, 11) is 0. The zero-order chi connectivity index (χ0) is 11.5. The maximum atomic E-state index is 5.76. The molecule has 1 fully saturated rings. The highest BCUT2D eigenvalue weighted by Crippen LogP contribution is 2.20. The van der Waals surface area contributed by atoms with Crippen LogP contribution in [0.3, 0.4) is 0 Å². The van der Waals surface area contributed by atoms with Gasteiger partial charge < -0.3 is 10.1 Å².